The van der Waals surface area contributed by atoms with Gasteiger partial charge in [-0.25, -0.2) is 0 Å². The molecule has 2 heterocycles. The van der Waals surface area contributed by atoms with E-state index in [0.717, 1.165) is 61.5 Å². The Hall–Kier alpha value is -2.25. The van der Waals surface area contributed by atoms with Crippen LogP contribution in [0.1, 0.15) is 42.5 Å². The smallest absolute Gasteiger partial charge is 0.220 e. The van der Waals surface area contributed by atoms with E-state index in [4.69, 9.17) is 21.1 Å². The number of aromatic nitrogens is 2. The van der Waals surface area contributed by atoms with Gasteiger partial charge in [-0.3, -0.25) is 14.4 Å². The molecule has 1 atom stereocenters. The van der Waals surface area contributed by atoms with Gasteiger partial charge in [-0.05, 0) is 50.8 Å². The molecule has 7 nitrogen and oxygen atoms in total. The lowest BCUT2D eigenvalue weighted by Crippen LogP contribution is -2.35. The van der Waals surface area contributed by atoms with Crippen LogP contribution in [0.25, 0.3) is 0 Å². The Bertz CT molecular complexity index is 899. The highest BCUT2D eigenvalue weighted by molar-refractivity contribution is 6.30. The summed E-state index contributed by atoms with van der Waals surface area (Å²) in [7, 11) is 5.11. The number of amides is 1. The minimum Gasteiger partial charge on any atom is -0.497 e. The minimum absolute atomic E-state index is 0.0705. The van der Waals surface area contributed by atoms with Gasteiger partial charge in [0.25, 0.3) is 0 Å². The number of aryl methyl sites for hydroxylation is 2. The summed E-state index contributed by atoms with van der Waals surface area (Å²) in [5.41, 5.74) is 3.03. The quantitative estimate of drug-likeness (QED) is 0.633. The van der Waals surface area contributed by atoms with E-state index in [1.165, 1.54) is 0 Å². The van der Waals surface area contributed by atoms with Crippen molar-refractivity contribution >= 4 is 17.5 Å². The van der Waals surface area contributed by atoms with Crippen LogP contribution in [-0.2, 0) is 24.9 Å². The fourth-order valence-electron chi connectivity index (χ4n) is 4.22. The molecule has 1 aromatic heterocycles. The van der Waals surface area contributed by atoms with Crippen LogP contribution in [0.5, 0.6) is 11.5 Å². The first-order valence-corrected chi connectivity index (χ1v) is 11.2. The van der Waals surface area contributed by atoms with E-state index >= 15 is 0 Å². The summed E-state index contributed by atoms with van der Waals surface area (Å²) in [6.45, 7) is 5.32. The molecule has 0 bridgehead atoms. The van der Waals surface area contributed by atoms with Crippen molar-refractivity contribution in [3.05, 3.63) is 40.2 Å². The van der Waals surface area contributed by atoms with Crippen molar-refractivity contribution in [1.82, 2.24) is 20.0 Å². The van der Waals surface area contributed by atoms with Crippen LogP contribution in [0.4, 0.5) is 0 Å². The van der Waals surface area contributed by atoms with E-state index in [1.54, 1.807) is 18.9 Å². The first kappa shape index (κ1) is 23.4. The molecule has 1 aromatic carbocycles. The predicted molar refractivity (Wildman–Crippen MR) is 122 cm³/mol. The van der Waals surface area contributed by atoms with Crippen molar-refractivity contribution in [3.8, 4) is 11.5 Å². The van der Waals surface area contributed by atoms with Gasteiger partial charge in [0.1, 0.15) is 16.7 Å². The zero-order chi connectivity index (χ0) is 22.4. The minimum atomic E-state index is 0.0705. The zero-order valence-corrected chi connectivity index (χ0v) is 19.7. The molecule has 0 saturated carbocycles. The molecular weight excluding hydrogens is 416 g/mol. The molecule has 1 saturated heterocycles. The number of hydrogen-bond acceptors (Lipinski definition) is 5. The van der Waals surface area contributed by atoms with Crippen LogP contribution in [0.2, 0.25) is 5.15 Å². The molecule has 8 heteroatoms. The summed E-state index contributed by atoms with van der Waals surface area (Å²) in [5, 5.41) is 8.14. The second-order valence-electron chi connectivity index (χ2n) is 8.21. The number of carbonyl (C=O) groups is 1. The van der Waals surface area contributed by atoms with Gasteiger partial charge < -0.3 is 14.8 Å². The molecular formula is C23H33ClN4O3. The highest BCUT2D eigenvalue weighted by atomic mass is 35.5. The second kappa shape index (κ2) is 10.9. The summed E-state index contributed by atoms with van der Waals surface area (Å²) in [6.07, 6.45) is 3.73. The molecule has 2 aromatic rings. The largest absolute Gasteiger partial charge is 0.497 e. The van der Waals surface area contributed by atoms with Crippen LogP contribution in [-0.4, -0.2) is 47.9 Å². The average molecular weight is 449 g/mol. The highest BCUT2D eigenvalue weighted by Crippen LogP contribution is 2.27. The third kappa shape index (κ3) is 6.14. The number of carbonyl (C=O) groups excluding carboxylic acids is 1. The molecule has 0 spiro atoms. The molecule has 0 radical (unpaired) electrons. The molecule has 1 aliphatic heterocycles. The van der Waals surface area contributed by atoms with Crippen LogP contribution in [0, 0.1) is 12.8 Å². The number of halogens is 1. The third-order valence-electron chi connectivity index (χ3n) is 6.00. The normalized spacial score (nSPS) is 16.9. The first-order chi connectivity index (χ1) is 14.9. The fraction of sp³-hybridized carbons (Fsp3) is 0.565. The monoisotopic (exact) mass is 448 g/mol. The SMILES string of the molecule is COc1ccc(CNC(=O)CCC2CCCN(Cc3c(C)nn(C)c3Cl)C2)c(OC)c1. The molecule has 1 amide bonds. The lowest BCUT2D eigenvalue weighted by molar-refractivity contribution is -0.121. The maximum Gasteiger partial charge on any atom is 0.220 e. The molecule has 1 aliphatic rings. The molecule has 1 N–H and O–H groups in total. The molecule has 1 fully saturated rings. The Morgan fingerprint density at radius 1 is 1.32 bits per heavy atom. The molecule has 31 heavy (non-hydrogen) atoms. The number of methoxy groups -OCH3 is 2. The van der Waals surface area contributed by atoms with Crippen molar-refractivity contribution in [1.29, 1.82) is 0 Å². The number of piperidine rings is 1. The molecule has 0 aliphatic carbocycles. The molecule has 170 valence electrons. The van der Waals surface area contributed by atoms with E-state index in [2.05, 4.69) is 15.3 Å². The van der Waals surface area contributed by atoms with Gasteiger partial charge in [-0.15, -0.1) is 0 Å². The number of benzene rings is 1. The van der Waals surface area contributed by atoms with Crippen molar-refractivity contribution < 1.29 is 14.3 Å². The topological polar surface area (TPSA) is 68.6 Å². The third-order valence-corrected chi connectivity index (χ3v) is 6.48. The lowest BCUT2D eigenvalue weighted by Gasteiger charge is -2.32. The van der Waals surface area contributed by atoms with E-state index in [1.807, 2.05) is 32.2 Å². The number of ether oxygens (including phenoxy) is 2. The lowest BCUT2D eigenvalue weighted by atomic mass is 9.93. The van der Waals surface area contributed by atoms with Crippen molar-refractivity contribution in [2.24, 2.45) is 13.0 Å². The number of nitrogens with zero attached hydrogens (tertiary/aromatic N) is 3. The van der Waals surface area contributed by atoms with Gasteiger partial charge in [0, 0.05) is 50.3 Å². The van der Waals surface area contributed by atoms with Gasteiger partial charge in [0.15, 0.2) is 0 Å². The average Bonchev–Trinajstić information content (AvgIpc) is 3.02. The van der Waals surface area contributed by atoms with E-state index in [9.17, 15) is 4.79 Å². The summed E-state index contributed by atoms with van der Waals surface area (Å²) in [4.78, 5) is 14.9. The van der Waals surface area contributed by atoms with Crippen molar-refractivity contribution in [2.75, 3.05) is 27.3 Å². The Morgan fingerprint density at radius 2 is 2.13 bits per heavy atom. The first-order valence-electron chi connectivity index (χ1n) is 10.8. The Balaban J connectivity index is 1.46. The standard InChI is InChI=1S/C23H33ClN4O3/c1-16-20(23(24)27(2)26-16)15-28-11-5-6-17(14-28)7-10-22(29)25-13-18-8-9-19(30-3)12-21(18)31-4/h8-9,12,17H,5-7,10-11,13-15H2,1-4H3,(H,25,29). The number of hydrogen-bond donors (Lipinski definition) is 1. The van der Waals surface area contributed by atoms with Gasteiger partial charge >= 0.3 is 0 Å². The zero-order valence-electron chi connectivity index (χ0n) is 18.9. The fourth-order valence-corrected chi connectivity index (χ4v) is 4.46. The van der Waals surface area contributed by atoms with E-state index in [0.29, 0.717) is 29.8 Å². The van der Waals surface area contributed by atoms with E-state index < -0.39 is 0 Å². The molecule has 1 unspecified atom stereocenters. The summed E-state index contributed by atoms with van der Waals surface area (Å²) >= 11 is 6.40. The Kier molecular flexibility index (Phi) is 8.21. The van der Waals surface area contributed by atoms with Gasteiger partial charge in [0.05, 0.1) is 19.9 Å². The maximum atomic E-state index is 12.4. The van der Waals surface area contributed by atoms with Gasteiger partial charge in [-0.1, -0.05) is 11.6 Å². The Labute approximate surface area is 189 Å². The van der Waals surface area contributed by atoms with Crippen LogP contribution < -0.4 is 14.8 Å². The maximum absolute atomic E-state index is 12.4. The van der Waals surface area contributed by atoms with E-state index in [-0.39, 0.29) is 5.91 Å². The predicted octanol–water partition coefficient (Wildman–Crippen LogP) is 3.71. The van der Waals surface area contributed by atoms with Crippen LogP contribution in [0.15, 0.2) is 18.2 Å². The Morgan fingerprint density at radius 3 is 2.81 bits per heavy atom. The summed E-state index contributed by atoms with van der Waals surface area (Å²) in [6, 6.07) is 5.62. The highest BCUT2D eigenvalue weighted by Gasteiger charge is 2.23. The number of rotatable bonds is 9. The van der Waals surface area contributed by atoms with Crippen molar-refractivity contribution in [2.45, 2.75) is 45.7 Å². The number of nitrogens with one attached hydrogen (secondary N) is 1. The summed E-state index contributed by atoms with van der Waals surface area (Å²) in [5.74, 6) is 2.04. The van der Waals surface area contributed by atoms with Gasteiger partial charge in [0.2, 0.25) is 5.91 Å². The molecule has 3 rings (SSSR count). The van der Waals surface area contributed by atoms with Crippen LogP contribution in [0.3, 0.4) is 0 Å². The van der Waals surface area contributed by atoms with Gasteiger partial charge in [-0.2, -0.15) is 5.10 Å². The summed E-state index contributed by atoms with van der Waals surface area (Å²) < 4.78 is 12.4. The van der Waals surface area contributed by atoms with Crippen molar-refractivity contribution in [3.63, 3.8) is 0 Å². The number of likely N-dealkylation sites (tertiary alicyclic amines) is 1. The second-order valence-corrected chi connectivity index (χ2v) is 8.57. The van der Waals surface area contributed by atoms with Crippen LogP contribution >= 0.6 is 11.6 Å².